The van der Waals surface area contributed by atoms with E-state index in [1.54, 1.807) is 0 Å². The molecule has 0 atom stereocenters. The number of rotatable bonds is 8. The molecule has 0 heterocycles. The summed E-state index contributed by atoms with van der Waals surface area (Å²) in [6.07, 6.45) is 5.57. The summed E-state index contributed by atoms with van der Waals surface area (Å²) in [4.78, 5) is 11.8. The fraction of sp³-hybridized carbons (Fsp3) is 0.562. The molecule has 1 aromatic rings. The Balaban J connectivity index is 1.76. The molecule has 0 radical (unpaired) electrons. The molecule has 2 rings (SSSR count). The van der Waals surface area contributed by atoms with Gasteiger partial charge in [0.1, 0.15) is 5.82 Å². The lowest BCUT2D eigenvalue weighted by molar-refractivity contribution is -0.121. The Morgan fingerprint density at radius 1 is 1.20 bits per heavy atom. The monoisotopic (exact) mass is 278 g/mol. The van der Waals surface area contributed by atoms with Crippen molar-refractivity contribution in [1.29, 1.82) is 0 Å². The van der Waals surface area contributed by atoms with Gasteiger partial charge in [0.05, 0.1) is 0 Å². The Kier molecular flexibility index (Phi) is 5.12. The summed E-state index contributed by atoms with van der Waals surface area (Å²) in [5.74, 6) is -0.108. The quantitative estimate of drug-likeness (QED) is 0.718. The highest BCUT2D eigenvalue weighted by Gasteiger charge is 2.44. The number of benzene rings is 1. The number of amides is 1. The van der Waals surface area contributed by atoms with Crippen LogP contribution < -0.4 is 11.1 Å². The lowest BCUT2D eigenvalue weighted by atomic mass is 9.96. The predicted molar refractivity (Wildman–Crippen MR) is 77.8 cm³/mol. The minimum Gasteiger partial charge on any atom is -0.355 e. The first-order valence-electron chi connectivity index (χ1n) is 7.39. The molecule has 1 fully saturated rings. The summed E-state index contributed by atoms with van der Waals surface area (Å²) >= 11 is 0. The minimum atomic E-state index is -0.214. The van der Waals surface area contributed by atoms with Crippen molar-refractivity contribution in [2.75, 3.05) is 13.1 Å². The molecule has 4 heteroatoms. The van der Waals surface area contributed by atoms with Gasteiger partial charge in [-0.3, -0.25) is 4.79 Å². The Bertz CT molecular complexity index is 440. The third-order valence-electron chi connectivity index (χ3n) is 4.04. The normalized spacial score (nSPS) is 15.9. The zero-order chi connectivity index (χ0) is 14.4. The highest BCUT2D eigenvalue weighted by Crippen LogP contribution is 2.47. The maximum atomic E-state index is 12.9. The SMILES string of the molecule is NCCCCCC(=O)NCC1(c2ccc(F)cc2)CC1. The number of halogens is 1. The molecule has 0 bridgehead atoms. The average Bonchev–Trinajstić information content (AvgIpc) is 3.23. The second-order valence-corrected chi connectivity index (χ2v) is 5.66. The molecule has 1 saturated carbocycles. The van der Waals surface area contributed by atoms with Gasteiger partial charge in [-0.2, -0.15) is 0 Å². The number of carbonyl (C=O) groups excluding carboxylic acids is 1. The maximum Gasteiger partial charge on any atom is 0.220 e. The summed E-state index contributed by atoms with van der Waals surface area (Å²) in [5.41, 5.74) is 6.59. The van der Waals surface area contributed by atoms with Crippen molar-refractivity contribution < 1.29 is 9.18 Å². The van der Waals surface area contributed by atoms with Crippen LogP contribution in [0.15, 0.2) is 24.3 Å². The first-order valence-corrected chi connectivity index (χ1v) is 7.39. The van der Waals surface area contributed by atoms with Crippen molar-refractivity contribution in [2.45, 2.75) is 43.9 Å². The molecule has 0 saturated heterocycles. The van der Waals surface area contributed by atoms with Crippen LogP contribution in [0.5, 0.6) is 0 Å². The molecular weight excluding hydrogens is 255 g/mol. The van der Waals surface area contributed by atoms with Gasteiger partial charge in [0, 0.05) is 18.4 Å². The summed E-state index contributed by atoms with van der Waals surface area (Å²) in [6.45, 7) is 1.35. The number of nitrogens with two attached hydrogens (primary N) is 1. The first-order chi connectivity index (χ1) is 9.66. The summed E-state index contributed by atoms with van der Waals surface area (Å²) in [5, 5.41) is 3.01. The summed E-state index contributed by atoms with van der Waals surface area (Å²) in [7, 11) is 0. The van der Waals surface area contributed by atoms with Gasteiger partial charge in [0.2, 0.25) is 5.91 Å². The Morgan fingerprint density at radius 3 is 2.50 bits per heavy atom. The summed E-state index contributed by atoms with van der Waals surface area (Å²) in [6, 6.07) is 6.64. The van der Waals surface area contributed by atoms with Crippen LogP contribution in [0, 0.1) is 5.82 Å². The Hall–Kier alpha value is -1.42. The zero-order valence-corrected chi connectivity index (χ0v) is 11.8. The van der Waals surface area contributed by atoms with Crippen molar-refractivity contribution in [3.63, 3.8) is 0 Å². The van der Waals surface area contributed by atoms with Crippen LogP contribution in [0.4, 0.5) is 4.39 Å². The highest BCUT2D eigenvalue weighted by atomic mass is 19.1. The number of nitrogens with one attached hydrogen (secondary N) is 1. The predicted octanol–water partition coefficient (Wildman–Crippen LogP) is 2.49. The zero-order valence-electron chi connectivity index (χ0n) is 11.8. The van der Waals surface area contributed by atoms with Crippen LogP contribution in [0.3, 0.4) is 0 Å². The van der Waals surface area contributed by atoms with Crippen LogP contribution >= 0.6 is 0 Å². The van der Waals surface area contributed by atoms with E-state index in [0.717, 1.165) is 37.7 Å². The van der Waals surface area contributed by atoms with Crippen LogP contribution in [0.2, 0.25) is 0 Å². The molecule has 1 aromatic carbocycles. The molecule has 0 spiro atoms. The maximum absolute atomic E-state index is 12.9. The van der Waals surface area contributed by atoms with Crippen molar-refractivity contribution in [2.24, 2.45) is 5.73 Å². The van der Waals surface area contributed by atoms with E-state index in [0.29, 0.717) is 19.5 Å². The van der Waals surface area contributed by atoms with Crippen LogP contribution in [0.25, 0.3) is 0 Å². The minimum absolute atomic E-state index is 0.0423. The molecule has 110 valence electrons. The number of hydrogen-bond donors (Lipinski definition) is 2. The molecule has 0 aliphatic heterocycles. The van der Waals surface area contributed by atoms with E-state index in [4.69, 9.17) is 5.73 Å². The van der Waals surface area contributed by atoms with Gasteiger partial charge < -0.3 is 11.1 Å². The largest absolute Gasteiger partial charge is 0.355 e. The van der Waals surface area contributed by atoms with E-state index >= 15 is 0 Å². The van der Waals surface area contributed by atoms with Gasteiger partial charge in [0.15, 0.2) is 0 Å². The van der Waals surface area contributed by atoms with Crippen molar-refractivity contribution in [1.82, 2.24) is 5.32 Å². The molecule has 3 N–H and O–H groups in total. The molecule has 0 aromatic heterocycles. The van der Waals surface area contributed by atoms with E-state index in [-0.39, 0.29) is 17.1 Å². The third kappa shape index (κ3) is 4.04. The van der Waals surface area contributed by atoms with Gasteiger partial charge >= 0.3 is 0 Å². The molecule has 1 aliphatic rings. The van der Waals surface area contributed by atoms with Gasteiger partial charge in [0.25, 0.3) is 0 Å². The summed E-state index contributed by atoms with van der Waals surface area (Å²) < 4.78 is 12.9. The van der Waals surface area contributed by atoms with E-state index < -0.39 is 0 Å². The van der Waals surface area contributed by atoms with E-state index in [1.165, 1.54) is 12.1 Å². The third-order valence-corrected chi connectivity index (χ3v) is 4.04. The topological polar surface area (TPSA) is 55.1 Å². The molecule has 1 amide bonds. The highest BCUT2D eigenvalue weighted by molar-refractivity contribution is 5.76. The van der Waals surface area contributed by atoms with Gasteiger partial charge in [-0.25, -0.2) is 4.39 Å². The molecule has 3 nitrogen and oxygen atoms in total. The number of unbranched alkanes of at least 4 members (excludes halogenated alkanes) is 2. The fourth-order valence-electron chi connectivity index (χ4n) is 2.48. The lowest BCUT2D eigenvalue weighted by Gasteiger charge is -2.16. The number of hydrogen-bond acceptors (Lipinski definition) is 2. The van der Waals surface area contributed by atoms with E-state index in [9.17, 15) is 9.18 Å². The second kappa shape index (κ2) is 6.84. The van der Waals surface area contributed by atoms with Gasteiger partial charge in [-0.05, 0) is 49.9 Å². The van der Waals surface area contributed by atoms with Crippen molar-refractivity contribution >= 4 is 5.91 Å². The fourth-order valence-corrected chi connectivity index (χ4v) is 2.48. The van der Waals surface area contributed by atoms with Crippen LogP contribution in [0.1, 0.15) is 44.1 Å². The Labute approximate surface area is 119 Å². The molecule has 20 heavy (non-hydrogen) atoms. The van der Waals surface area contributed by atoms with Crippen molar-refractivity contribution in [3.05, 3.63) is 35.6 Å². The van der Waals surface area contributed by atoms with Crippen LogP contribution in [-0.4, -0.2) is 19.0 Å². The molecule has 1 aliphatic carbocycles. The molecular formula is C16H23FN2O. The van der Waals surface area contributed by atoms with Crippen LogP contribution in [-0.2, 0) is 10.2 Å². The average molecular weight is 278 g/mol. The van der Waals surface area contributed by atoms with E-state index in [2.05, 4.69) is 5.32 Å². The molecule has 0 unspecified atom stereocenters. The lowest BCUT2D eigenvalue weighted by Crippen LogP contribution is -2.32. The number of carbonyl (C=O) groups is 1. The van der Waals surface area contributed by atoms with Crippen molar-refractivity contribution in [3.8, 4) is 0 Å². The van der Waals surface area contributed by atoms with Gasteiger partial charge in [-0.1, -0.05) is 18.6 Å². The van der Waals surface area contributed by atoms with Gasteiger partial charge in [-0.15, -0.1) is 0 Å². The second-order valence-electron chi connectivity index (χ2n) is 5.66. The first kappa shape index (κ1) is 15.0. The standard InChI is InChI=1S/C16H23FN2O/c17-14-7-5-13(6-8-14)16(9-10-16)12-19-15(20)4-2-1-3-11-18/h5-8H,1-4,9-12,18H2,(H,19,20). The Morgan fingerprint density at radius 2 is 1.90 bits per heavy atom. The van der Waals surface area contributed by atoms with E-state index in [1.807, 2.05) is 12.1 Å². The smallest absolute Gasteiger partial charge is 0.220 e.